The Labute approximate surface area is 133 Å². The first-order valence-electron chi connectivity index (χ1n) is 6.55. The van der Waals surface area contributed by atoms with Crippen LogP contribution < -0.4 is 11.5 Å². The molecule has 0 atom stereocenters. The molecule has 0 aliphatic rings. The lowest BCUT2D eigenvalue weighted by atomic mass is 10.2. The summed E-state index contributed by atoms with van der Waals surface area (Å²) in [5.41, 5.74) is 12.5. The van der Waals surface area contributed by atoms with E-state index in [-0.39, 0.29) is 22.9 Å². The third-order valence-corrected chi connectivity index (χ3v) is 4.03. The summed E-state index contributed by atoms with van der Waals surface area (Å²) in [6.07, 6.45) is 2.75. The predicted octanol–water partition coefficient (Wildman–Crippen LogP) is 2.32. The van der Waals surface area contributed by atoms with Crippen molar-refractivity contribution in [1.82, 2.24) is 0 Å². The minimum atomic E-state index is -3.59. The topological polar surface area (TPSA) is 127 Å². The minimum Gasteiger partial charge on any atom is -0.506 e. The van der Waals surface area contributed by atoms with E-state index in [0.29, 0.717) is 11.1 Å². The molecule has 23 heavy (non-hydrogen) atoms. The number of phenolic OH excluding ortho intramolecular Hbond substituents is 2. The molecule has 0 aliphatic carbocycles. The Morgan fingerprint density at radius 3 is 1.52 bits per heavy atom. The van der Waals surface area contributed by atoms with Crippen LogP contribution in [0.2, 0.25) is 0 Å². The number of hydrogen-bond donors (Lipinski definition) is 4. The molecule has 0 saturated carbocycles. The highest BCUT2D eigenvalue weighted by atomic mass is 32.2. The maximum atomic E-state index is 11.9. The maximum absolute atomic E-state index is 11.9. The van der Waals surface area contributed by atoms with Crippen LogP contribution in [-0.4, -0.2) is 18.6 Å². The second-order valence-electron chi connectivity index (χ2n) is 4.83. The van der Waals surface area contributed by atoms with Crippen molar-refractivity contribution in [2.45, 2.75) is 0 Å². The molecule has 6 N–H and O–H groups in total. The van der Waals surface area contributed by atoms with E-state index in [0.717, 1.165) is 10.8 Å². The highest BCUT2D eigenvalue weighted by Crippen LogP contribution is 2.22. The molecule has 0 heterocycles. The van der Waals surface area contributed by atoms with Gasteiger partial charge in [0, 0.05) is 10.8 Å². The van der Waals surface area contributed by atoms with Crippen molar-refractivity contribution >= 4 is 33.4 Å². The lowest BCUT2D eigenvalue weighted by molar-refractivity contribution is 0.477. The molecule has 0 aliphatic heterocycles. The molecule has 0 fully saturated rings. The zero-order chi connectivity index (χ0) is 17.0. The largest absolute Gasteiger partial charge is 0.506 e. The van der Waals surface area contributed by atoms with Gasteiger partial charge >= 0.3 is 0 Å². The number of aromatic hydroxyl groups is 2. The quantitative estimate of drug-likeness (QED) is 0.503. The van der Waals surface area contributed by atoms with E-state index < -0.39 is 9.84 Å². The second kappa shape index (κ2) is 6.45. The second-order valence-corrected chi connectivity index (χ2v) is 6.55. The van der Waals surface area contributed by atoms with Gasteiger partial charge in [0.05, 0.1) is 11.4 Å². The van der Waals surface area contributed by atoms with Gasteiger partial charge in [-0.3, -0.25) is 0 Å². The van der Waals surface area contributed by atoms with Crippen LogP contribution in [0.15, 0.2) is 47.2 Å². The Morgan fingerprint density at radius 2 is 1.17 bits per heavy atom. The van der Waals surface area contributed by atoms with Crippen LogP contribution in [-0.2, 0) is 9.84 Å². The highest BCUT2D eigenvalue weighted by Gasteiger charge is 2.02. The Hall–Kier alpha value is -2.93. The molecular formula is C16H16N2O4S. The summed E-state index contributed by atoms with van der Waals surface area (Å²) < 4.78 is 23.9. The van der Waals surface area contributed by atoms with Crippen LogP contribution in [0.1, 0.15) is 11.1 Å². The average Bonchev–Trinajstić information content (AvgIpc) is 2.50. The van der Waals surface area contributed by atoms with Crippen molar-refractivity contribution in [2.75, 3.05) is 11.5 Å². The third-order valence-electron chi connectivity index (χ3n) is 3.00. The van der Waals surface area contributed by atoms with Gasteiger partial charge in [0.1, 0.15) is 11.5 Å². The Bertz CT molecular complexity index is 819. The fourth-order valence-electron chi connectivity index (χ4n) is 1.75. The van der Waals surface area contributed by atoms with Gasteiger partial charge in [-0.25, -0.2) is 8.42 Å². The molecule has 0 radical (unpaired) electrons. The molecular weight excluding hydrogens is 316 g/mol. The van der Waals surface area contributed by atoms with Gasteiger partial charge in [0.25, 0.3) is 0 Å². The summed E-state index contributed by atoms with van der Waals surface area (Å²) in [5.74, 6) is -0.121. The smallest absolute Gasteiger partial charge is 0.193 e. The van der Waals surface area contributed by atoms with Crippen LogP contribution in [0.25, 0.3) is 12.2 Å². The molecule has 0 spiro atoms. The molecule has 7 heteroatoms. The molecule has 2 aromatic carbocycles. The van der Waals surface area contributed by atoms with Gasteiger partial charge in [0.2, 0.25) is 0 Å². The standard InChI is InChI=1S/C16H16N2O4S/c17-13-9-11(1-3-15(13)19)5-7-23(21,22)8-6-12-2-4-16(20)14(18)10-12/h1-10,19-20H,17-18H2. The highest BCUT2D eigenvalue weighted by molar-refractivity contribution is 7.97. The lowest BCUT2D eigenvalue weighted by Crippen LogP contribution is -1.90. The van der Waals surface area contributed by atoms with Crippen molar-refractivity contribution in [1.29, 1.82) is 0 Å². The predicted molar refractivity (Wildman–Crippen MR) is 92.0 cm³/mol. The molecule has 0 saturated heterocycles. The number of nitrogen functional groups attached to an aromatic ring is 2. The first kappa shape index (κ1) is 16.4. The Morgan fingerprint density at radius 1 is 0.783 bits per heavy atom. The number of anilines is 2. The van der Waals surface area contributed by atoms with Crippen LogP contribution in [0.5, 0.6) is 11.5 Å². The number of phenols is 2. The molecule has 6 nitrogen and oxygen atoms in total. The number of benzene rings is 2. The number of rotatable bonds is 4. The van der Waals surface area contributed by atoms with Crippen molar-refractivity contribution in [3.63, 3.8) is 0 Å². The first-order valence-corrected chi connectivity index (χ1v) is 8.16. The van der Waals surface area contributed by atoms with E-state index in [9.17, 15) is 18.6 Å². The molecule has 120 valence electrons. The molecule has 2 rings (SSSR count). The lowest BCUT2D eigenvalue weighted by Gasteiger charge is -2.00. The van der Waals surface area contributed by atoms with E-state index in [1.165, 1.54) is 36.4 Å². The number of sulfone groups is 1. The van der Waals surface area contributed by atoms with Gasteiger partial charge in [-0.15, -0.1) is 0 Å². The van der Waals surface area contributed by atoms with Gasteiger partial charge in [0.15, 0.2) is 9.84 Å². The van der Waals surface area contributed by atoms with E-state index in [1.54, 1.807) is 12.1 Å². The van der Waals surface area contributed by atoms with Gasteiger partial charge in [-0.05, 0) is 47.5 Å². The van der Waals surface area contributed by atoms with Crippen molar-refractivity contribution in [3.05, 3.63) is 58.3 Å². The molecule has 0 unspecified atom stereocenters. The zero-order valence-electron chi connectivity index (χ0n) is 12.0. The number of hydrogen-bond acceptors (Lipinski definition) is 6. The first-order chi connectivity index (χ1) is 10.8. The van der Waals surface area contributed by atoms with E-state index >= 15 is 0 Å². The van der Waals surface area contributed by atoms with E-state index in [2.05, 4.69) is 0 Å². The summed E-state index contributed by atoms with van der Waals surface area (Å²) >= 11 is 0. The molecule has 0 bridgehead atoms. The van der Waals surface area contributed by atoms with Gasteiger partial charge in [-0.1, -0.05) is 12.1 Å². The fourth-order valence-corrected chi connectivity index (χ4v) is 2.53. The monoisotopic (exact) mass is 332 g/mol. The normalized spacial score (nSPS) is 12.2. The number of nitrogens with two attached hydrogens (primary N) is 2. The minimum absolute atomic E-state index is 0.0604. The van der Waals surface area contributed by atoms with Crippen molar-refractivity contribution in [2.24, 2.45) is 0 Å². The SMILES string of the molecule is Nc1cc(C=CS(=O)(=O)C=Cc2ccc(O)c(N)c2)ccc1O. The molecule has 0 amide bonds. The average molecular weight is 332 g/mol. The van der Waals surface area contributed by atoms with Crippen LogP contribution in [0.4, 0.5) is 11.4 Å². The van der Waals surface area contributed by atoms with Crippen molar-refractivity contribution in [3.8, 4) is 11.5 Å². The summed E-state index contributed by atoms with van der Waals surface area (Å²) in [7, 11) is -3.59. The zero-order valence-corrected chi connectivity index (χ0v) is 12.9. The summed E-state index contributed by atoms with van der Waals surface area (Å²) in [5, 5.41) is 20.7. The van der Waals surface area contributed by atoms with Crippen LogP contribution in [0, 0.1) is 0 Å². The van der Waals surface area contributed by atoms with Gasteiger partial charge in [-0.2, -0.15) is 0 Å². The molecule has 0 aromatic heterocycles. The summed E-state index contributed by atoms with van der Waals surface area (Å²) in [6, 6.07) is 8.79. The van der Waals surface area contributed by atoms with Gasteiger partial charge < -0.3 is 21.7 Å². The molecule has 2 aromatic rings. The maximum Gasteiger partial charge on any atom is 0.193 e. The Balaban J connectivity index is 2.17. The fraction of sp³-hybridized carbons (Fsp3) is 0. The van der Waals surface area contributed by atoms with E-state index in [4.69, 9.17) is 11.5 Å². The summed E-state index contributed by atoms with van der Waals surface area (Å²) in [6.45, 7) is 0. The van der Waals surface area contributed by atoms with E-state index in [1.807, 2.05) is 0 Å². The van der Waals surface area contributed by atoms with Crippen LogP contribution >= 0.6 is 0 Å². The third kappa shape index (κ3) is 4.52. The van der Waals surface area contributed by atoms with Crippen molar-refractivity contribution < 1.29 is 18.6 Å². The summed E-state index contributed by atoms with van der Waals surface area (Å²) in [4.78, 5) is 0. The Kier molecular flexibility index (Phi) is 4.61. The van der Waals surface area contributed by atoms with Crippen LogP contribution in [0.3, 0.4) is 0 Å².